The van der Waals surface area contributed by atoms with Crippen LogP contribution in [-0.2, 0) is 6.54 Å². The molecule has 2 N–H and O–H groups in total. The molecular weight excluding hydrogens is 336 g/mol. The standard InChI is InChI=1S/C13H15BrN6O/c14-9-7-17-19-11(9)8-16-12(21)10-3-4-15-13(18-10)20-5-1-2-6-20/h3-4,7H,1-2,5-6,8H2,(H,16,21)(H,17,19). The van der Waals surface area contributed by atoms with Gasteiger partial charge in [0.15, 0.2) is 0 Å². The number of anilines is 1. The molecule has 21 heavy (non-hydrogen) atoms. The molecule has 0 atom stereocenters. The molecule has 7 nitrogen and oxygen atoms in total. The fraction of sp³-hybridized carbons (Fsp3) is 0.385. The third-order valence-electron chi connectivity index (χ3n) is 3.36. The Morgan fingerprint density at radius 1 is 1.43 bits per heavy atom. The molecule has 0 radical (unpaired) electrons. The van der Waals surface area contributed by atoms with Crippen molar-refractivity contribution in [3.8, 4) is 0 Å². The second-order valence-corrected chi connectivity index (χ2v) is 5.67. The van der Waals surface area contributed by atoms with Crippen molar-refractivity contribution >= 4 is 27.8 Å². The van der Waals surface area contributed by atoms with Crippen LogP contribution in [0.2, 0.25) is 0 Å². The lowest BCUT2D eigenvalue weighted by Crippen LogP contribution is -2.26. The minimum atomic E-state index is -0.223. The van der Waals surface area contributed by atoms with E-state index in [2.05, 4.69) is 46.3 Å². The molecule has 0 saturated carbocycles. The number of nitrogens with zero attached hydrogens (tertiary/aromatic N) is 4. The van der Waals surface area contributed by atoms with Crippen molar-refractivity contribution in [3.63, 3.8) is 0 Å². The number of halogens is 1. The minimum absolute atomic E-state index is 0.223. The lowest BCUT2D eigenvalue weighted by atomic mass is 10.3. The van der Waals surface area contributed by atoms with Gasteiger partial charge in [0.1, 0.15) is 5.69 Å². The Kier molecular flexibility index (Phi) is 4.14. The Labute approximate surface area is 130 Å². The predicted octanol–water partition coefficient (Wildman–Crippen LogP) is 1.49. The lowest BCUT2D eigenvalue weighted by molar-refractivity contribution is 0.0945. The van der Waals surface area contributed by atoms with Gasteiger partial charge in [-0.3, -0.25) is 9.89 Å². The first-order valence-corrected chi connectivity index (χ1v) is 7.57. The van der Waals surface area contributed by atoms with Crippen LogP contribution in [0.15, 0.2) is 22.9 Å². The van der Waals surface area contributed by atoms with Gasteiger partial charge in [-0.1, -0.05) is 0 Å². The number of aromatic amines is 1. The summed E-state index contributed by atoms with van der Waals surface area (Å²) in [6, 6.07) is 1.62. The Balaban J connectivity index is 1.67. The van der Waals surface area contributed by atoms with Crippen molar-refractivity contribution in [1.82, 2.24) is 25.5 Å². The third-order valence-corrected chi connectivity index (χ3v) is 4.04. The molecule has 1 aliphatic heterocycles. The van der Waals surface area contributed by atoms with E-state index in [1.54, 1.807) is 18.5 Å². The van der Waals surface area contributed by atoms with Crippen LogP contribution in [0.25, 0.3) is 0 Å². The first-order valence-electron chi connectivity index (χ1n) is 6.78. The van der Waals surface area contributed by atoms with E-state index >= 15 is 0 Å². The van der Waals surface area contributed by atoms with Crippen LogP contribution in [0.1, 0.15) is 29.0 Å². The fourth-order valence-electron chi connectivity index (χ4n) is 2.23. The summed E-state index contributed by atoms with van der Waals surface area (Å²) in [5.41, 5.74) is 1.19. The summed E-state index contributed by atoms with van der Waals surface area (Å²) in [5, 5.41) is 9.51. The molecule has 3 heterocycles. The van der Waals surface area contributed by atoms with Crippen molar-refractivity contribution in [2.45, 2.75) is 19.4 Å². The first-order chi connectivity index (χ1) is 10.2. The quantitative estimate of drug-likeness (QED) is 0.872. The molecule has 3 rings (SSSR count). The van der Waals surface area contributed by atoms with E-state index < -0.39 is 0 Å². The number of carbonyl (C=O) groups excluding carboxylic acids is 1. The van der Waals surface area contributed by atoms with Crippen LogP contribution in [-0.4, -0.2) is 39.2 Å². The second-order valence-electron chi connectivity index (χ2n) is 4.82. The molecule has 2 aromatic rings. The van der Waals surface area contributed by atoms with Crippen molar-refractivity contribution < 1.29 is 4.79 Å². The highest BCUT2D eigenvalue weighted by atomic mass is 79.9. The average molecular weight is 351 g/mol. The Morgan fingerprint density at radius 3 is 2.95 bits per heavy atom. The Hall–Kier alpha value is -1.96. The topological polar surface area (TPSA) is 86.8 Å². The van der Waals surface area contributed by atoms with Gasteiger partial charge in [0, 0.05) is 19.3 Å². The average Bonchev–Trinajstić information content (AvgIpc) is 3.16. The van der Waals surface area contributed by atoms with Gasteiger partial charge in [-0.15, -0.1) is 0 Å². The molecule has 110 valence electrons. The normalized spacial score (nSPS) is 14.4. The highest BCUT2D eigenvalue weighted by Crippen LogP contribution is 2.15. The SMILES string of the molecule is O=C(NCc1[nH]ncc1Br)c1ccnc(N2CCCC2)n1. The van der Waals surface area contributed by atoms with E-state index in [4.69, 9.17) is 0 Å². The maximum absolute atomic E-state index is 12.1. The number of nitrogens with one attached hydrogen (secondary N) is 2. The monoisotopic (exact) mass is 350 g/mol. The molecule has 1 saturated heterocycles. The summed E-state index contributed by atoms with van der Waals surface area (Å²) < 4.78 is 0.836. The summed E-state index contributed by atoms with van der Waals surface area (Å²) in [4.78, 5) is 22.8. The molecule has 0 unspecified atom stereocenters. The summed E-state index contributed by atoms with van der Waals surface area (Å²) in [6.07, 6.45) is 5.57. The zero-order valence-electron chi connectivity index (χ0n) is 11.3. The van der Waals surface area contributed by atoms with Gasteiger partial charge in [-0.25, -0.2) is 9.97 Å². The van der Waals surface area contributed by atoms with Crippen LogP contribution in [0, 0.1) is 0 Å². The summed E-state index contributed by atoms with van der Waals surface area (Å²) in [5.74, 6) is 0.405. The van der Waals surface area contributed by atoms with Crippen molar-refractivity contribution in [3.05, 3.63) is 34.3 Å². The van der Waals surface area contributed by atoms with Gasteiger partial charge in [0.05, 0.1) is 22.9 Å². The number of H-pyrrole nitrogens is 1. The van der Waals surface area contributed by atoms with Crippen molar-refractivity contribution in [1.29, 1.82) is 0 Å². The number of hydrogen-bond donors (Lipinski definition) is 2. The van der Waals surface area contributed by atoms with Gasteiger partial charge in [-0.05, 0) is 34.8 Å². The van der Waals surface area contributed by atoms with E-state index in [1.165, 1.54) is 0 Å². The maximum atomic E-state index is 12.1. The second kappa shape index (κ2) is 6.21. The molecule has 1 aliphatic rings. The van der Waals surface area contributed by atoms with Crippen LogP contribution < -0.4 is 10.2 Å². The summed E-state index contributed by atoms with van der Waals surface area (Å²) >= 11 is 3.35. The highest BCUT2D eigenvalue weighted by molar-refractivity contribution is 9.10. The van der Waals surface area contributed by atoms with Crippen LogP contribution in [0.5, 0.6) is 0 Å². The molecule has 0 bridgehead atoms. The van der Waals surface area contributed by atoms with Crippen molar-refractivity contribution in [2.24, 2.45) is 0 Å². The summed E-state index contributed by atoms with van der Waals surface area (Å²) in [7, 11) is 0. The van der Waals surface area contributed by atoms with Gasteiger partial charge in [0.2, 0.25) is 5.95 Å². The molecule has 0 aliphatic carbocycles. The number of carbonyl (C=O) groups is 1. The zero-order chi connectivity index (χ0) is 14.7. The number of hydrogen-bond acceptors (Lipinski definition) is 5. The Bertz CT molecular complexity index is 637. The van der Waals surface area contributed by atoms with Crippen LogP contribution in [0.4, 0.5) is 5.95 Å². The van der Waals surface area contributed by atoms with Gasteiger partial charge >= 0.3 is 0 Å². The molecular formula is C13H15BrN6O. The van der Waals surface area contributed by atoms with E-state index in [0.717, 1.165) is 36.1 Å². The smallest absolute Gasteiger partial charge is 0.270 e. The molecule has 1 amide bonds. The number of aromatic nitrogens is 4. The molecule has 2 aromatic heterocycles. The predicted molar refractivity (Wildman–Crippen MR) is 80.9 cm³/mol. The van der Waals surface area contributed by atoms with Crippen molar-refractivity contribution in [2.75, 3.05) is 18.0 Å². The van der Waals surface area contributed by atoms with E-state index in [-0.39, 0.29) is 5.91 Å². The third kappa shape index (κ3) is 3.21. The van der Waals surface area contributed by atoms with Crippen LogP contribution in [0.3, 0.4) is 0 Å². The van der Waals surface area contributed by atoms with Gasteiger partial charge in [0.25, 0.3) is 5.91 Å². The zero-order valence-corrected chi connectivity index (χ0v) is 12.9. The van der Waals surface area contributed by atoms with E-state index in [0.29, 0.717) is 18.2 Å². The molecule has 0 aromatic carbocycles. The van der Waals surface area contributed by atoms with E-state index in [1.807, 2.05) is 0 Å². The van der Waals surface area contributed by atoms with Gasteiger partial charge in [-0.2, -0.15) is 5.10 Å². The van der Waals surface area contributed by atoms with Crippen LogP contribution >= 0.6 is 15.9 Å². The maximum Gasteiger partial charge on any atom is 0.270 e. The summed E-state index contributed by atoms with van der Waals surface area (Å²) in [6.45, 7) is 2.26. The minimum Gasteiger partial charge on any atom is -0.345 e. The molecule has 8 heteroatoms. The largest absolute Gasteiger partial charge is 0.345 e. The van der Waals surface area contributed by atoms with Gasteiger partial charge < -0.3 is 10.2 Å². The van der Waals surface area contributed by atoms with E-state index in [9.17, 15) is 4.79 Å². The highest BCUT2D eigenvalue weighted by Gasteiger charge is 2.17. The lowest BCUT2D eigenvalue weighted by Gasteiger charge is -2.15. The first kappa shape index (κ1) is 14.0. The Morgan fingerprint density at radius 2 is 2.24 bits per heavy atom. The fourth-order valence-corrected chi connectivity index (χ4v) is 2.56. The number of amides is 1. The molecule has 0 spiro atoms. The molecule has 1 fully saturated rings. The number of rotatable bonds is 4.